The quantitative estimate of drug-likeness (QED) is 0.927. The zero-order valence-corrected chi connectivity index (χ0v) is 14.0. The minimum absolute atomic E-state index is 0.0144. The maximum atomic E-state index is 6.44. The van der Waals surface area contributed by atoms with Crippen molar-refractivity contribution in [3.8, 4) is 5.75 Å². The number of nitrogens with zero attached hydrogens (tertiary/aromatic N) is 1. The summed E-state index contributed by atoms with van der Waals surface area (Å²) in [5.41, 5.74) is 7.05. The summed E-state index contributed by atoms with van der Waals surface area (Å²) in [5, 5.41) is 0. The fourth-order valence-electron chi connectivity index (χ4n) is 3.32. The second kappa shape index (κ2) is 5.50. The number of hydrogen-bond donors (Lipinski definition) is 1. The summed E-state index contributed by atoms with van der Waals surface area (Å²) in [7, 11) is 3.77. The molecule has 1 saturated heterocycles. The molecule has 1 aliphatic rings. The van der Waals surface area contributed by atoms with E-state index < -0.39 is 0 Å². The van der Waals surface area contributed by atoms with Crippen molar-refractivity contribution in [2.45, 2.75) is 44.9 Å². The normalized spacial score (nSPS) is 26.6. The molecule has 0 radical (unpaired) electrons. The highest BCUT2D eigenvalue weighted by Gasteiger charge is 2.52. The molecule has 0 aromatic heterocycles. The zero-order valence-electron chi connectivity index (χ0n) is 14.0. The van der Waals surface area contributed by atoms with Gasteiger partial charge in [0.25, 0.3) is 0 Å². The maximum absolute atomic E-state index is 6.44. The molecule has 1 aromatic carbocycles. The van der Waals surface area contributed by atoms with Crippen LogP contribution in [0.5, 0.6) is 5.75 Å². The van der Waals surface area contributed by atoms with Crippen molar-refractivity contribution in [3.05, 3.63) is 24.3 Å². The molecular formula is C17H28N2O2. The Morgan fingerprint density at radius 3 is 2.43 bits per heavy atom. The summed E-state index contributed by atoms with van der Waals surface area (Å²) in [6.07, 6.45) is 0. The van der Waals surface area contributed by atoms with Crippen LogP contribution in [-0.4, -0.2) is 37.9 Å². The van der Waals surface area contributed by atoms with Gasteiger partial charge in [0.05, 0.1) is 18.3 Å². The van der Waals surface area contributed by atoms with Crippen LogP contribution < -0.4 is 15.4 Å². The van der Waals surface area contributed by atoms with E-state index in [-0.39, 0.29) is 23.2 Å². The molecule has 2 atom stereocenters. The van der Waals surface area contributed by atoms with Crippen LogP contribution in [0.1, 0.15) is 27.7 Å². The predicted octanol–water partition coefficient (Wildman–Crippen LogP) is 2.66. The molecule has 1 aliphatic heterocycles. The van der Waals surface area contributed by atoms with Gasteiger partial charge in [-0.05, 0) is 39.8 Å². The van der Waals surface area contributed by atoms with Crippen molar-refractivity contribution < 1.29 is 9.47 Å². The molecule has 2 rings (SSSR count). The van der Waals surface area contributed by atoms with E-state index in [1.54, 1.807) is 7.11 Å². The van der Waals surface area contributed by atoms with Crippen LogP contribution in [0, 0.1) is 5.92 Å². The van der Waals surface area contributed by atoms with Gasteiger partial charge in [0, 0.05) is 37.3 Å². The minimum Gasteiger partial charge on any atom is -0.497 e. The Morgan fingerprint density at radius 2 is 1.90 bits per heavy atom. The van der Waals surface area contributed by atoms with Crippen molar-refractivity contribution in [3.63, 3.8) is 0 Å². The van der Waals surface area contributed by atoms with Gasteiger partial charge in [0.15, 0.2) is 0 Å². The van der Waals surface area contributed by atoms with Crippen LogP contribution in [0.4, 0.5) is 5.69 Å². The van der Waals surface area contributed by atoms with Crippen LogP contribution in [0.15, 0.2) is 24.3 Å². The third kappa shape index (κ3) is 3.16. The Labute approximate surface area is 128 Å². The summed E-state index contributed by atoms with van der Waals surface area (Å²) < 4.78 is 11.5. The third-order valence-corrected chi connectivity index (χ3v) is 4.62. The topological polar surface area (TPSA) is 47.7 Å². The van der Waals surface area contributed by atoms with Gasteiger partial charge in [0.1, 0.15) is 5.75 Å². The van der Waals surface area contributed by atoms with Gasteiger partial charge in [-0.25, -0.2) is 0 Å². The van der Waals surface area contributed by atoms with Crippen LogP contribution in [0.25, 0.3) is 0 Å². The summed E-state index contributed by atoms with van der Waals surface area (Å²) in [5.74, 6) is 1.13. The molecule has 21 heavy (non-hydrogen) atoms. The van der Waals surface area contributed by atoms with E-state index in [0.29, 0.717) is 0 Å². The first kappa shape index (κ1) is 16.1. The Balaban J connectivity index is 2.16. The first-order chi connectivity index (χ1) is 9.67. The first-order valence-corrected chi connectivity index (χ1v) is 7.48. The lowest BCUT2D eigenvalue weighted by Gasteiger charge is -2.32. The van der Waals surface area contributed by atoms with E-state index >= 15 is 0 Å². The summed E-state index contributed by atoms with van der Waals surface area (Å²) in [4.78, 5) is 2.22. The van der Waals surface area contributed by atoms with Crippen molar-refractivity contribution in [2.75, 3.05) is 25.6 Å². The number of nitrogens with two attached hydrogens (primary N) is 1. The number of benzene rings is 1. The van der Waals surface area contributed by atoms with Gasteiger partial charge in [0.2, 0.25) is 0 Å². The monoisotopic (exact) mass is 292 g/mol. The molecule has 0 saturated carbocycles. The van der Waals surface area contributed by atoms with E-state index in [9.17, 15) is 0 Å². The van der Waals surface area contributed by atoms with Crippen LogP contribution in [0.3, 0.4) is 0 Å². The fourth-order valence-corrected chi connectivity index (χ4v) is 3.32. The van der Waals surface area contributed by atoms with Gasteiger partial charge in [-0.2, -0.15) is 0 Å². The molecule has 0 spiro atoms. The molecule has 4 heteroatoms. The molecule has 1 fully saturated rings. The van der Waals surface area contributed by atoms with Crippen molar-refractivity contribution >= 4 is 5.69 Å². The maximum Gasteiger partial charge on any atom is 0.120 e. The molecule has 1 aromatic rings. The number of anilines is 1. The SMILES string of the molecule is COc1cccc(N(C)CC2C(N)C(C)(C)OC2(C)C)c1. The summed E-state index contributed by atoms with van der Waals surface area (Å²) >= 11 is 0. The smallest absolute Gasteiger partial charge is 0.120 e. The Morgan fingerprint density at radius 1 is 1.24 bits per heavy atom. The standard InChI is InChI=1S/C17H28N2O2/c1-16(2)14(15(18)17(3,4)21-16)11-19(5)12-8-7-9-13(10-12)20-6/h7-10,14-15H,11,18H2,1-6H3. The molecular weight excluding hydrogens is 264 g/mol. The zero-order chi connectivity index (χ0) is 15.8. The second-order valence-corrected chi connectivity index (χ2v) is 7.02. The first-order valence-electron chi connectivity index (χ1n) is 7.48. The van der Waals surface area contributed by atoms with E-state index in [0.717, 1.165) is 18.0 Å². The van der Waals surface area contributed by atoms with Crippen molar-refractivity contribution in [1.29, 1.82) is 0 Å². The Kier molecular flexibility index (Phi) is 4.22. The minimum atomic E-state index is -0.288. The lowest BCUT2D eigenvalue weighted by molar-refractivity contribution is -0.0756. The number of hydrogen-bond acceptors (Lipinski definition) is 4. The van der Waals surface area contributed by atoms with Gasteiger partial charge in [-0.3, -0.25) is 0 Å². The van der Waals surface area contributed by atoms with Crippen molar-refractivity contribution in [2.24, 2.45) is 11.7 Å². The summed E-state index contributed by atoms with van der Waals surface area (Å²) in [6, 6.07) is 8.10. The van der Waals surface area contributed by atoms with E-state index in [1.165, 1.54) is 0 Å². The molecule has 2 N–H and O–H groups in total. The van der Waals surface area contributed by atoms with E-state index in [2.05, 4.69) is 45.7 Å². The molecule has 0 bridgehead atoms. The molecule has 2 unspecified atom stereocenters. The Hall–Kier alpha value is -1.26. The third-order valence-electron chi connectivity index (χ3n) is 4.62. The number of methoxy groups -OCH3 is 1. The molecule has 0 aliphatic carbocycles. The van der Waals surface area contributed by atoms with Crippen molar-refractivity contribution in [1.82, 2.24) is 0 Å². The molecule has 0 amide bonds. The summed E-state index contributed by atoms with van der Waals surface area (Å²) in [6.45, 7) is 9.26. The van der Waals surface area contributed by atoms with Gasteiger partial charge in [-0.1, -0.05) is 6.07 Å². The average molecular weight is 292 g/mol. The predicted molar refractivity (Wildman–Crippen MR) is 87.0 cm³/mol. The Bertz CT molecular complexity index is 499. The van der Waals surface area contributed by atoms with Crippen LogP contribution >= 0.6 is 0 Å². The second-order valence-electron chi connectivity index (χ2n) is 7.02. The average Bonchev–Trinajstić information content (AvgIpc) is 2.57. The fraction of sp³-hybridized carbons (Fsp3) is 0.647. The van der Waals surface area contributed by atoms with Crippen LogP contribution in [-0.2, 0) is 4.74 Å². The molecule has 4 nitrogen and oxygen atoms in total. The van der Waals surface area contributed by atoms with Gasteiger partial charge >= 0.3 is 0 Å². The lowest BCUT2D eigenvalue weighted by atomic mass is 9.82. The highest BCUT2D eigenvalue weighted by atomic mass is 16.5. The highest BCUT2D eigenvalue weighted by molar-refractivity contribution is 5.50. The lowest BCUT2D eigenvalue weighted by Crippen LogP contribution is -2.47. The van der Waals surface area contributed by atoms with Gasteiger partial charge < -0.3 is 20.1 Å². The largest absolute Gasteiger partial charge is 0.497 e. The van der Waals surface area contributed by atoms with E-state index in [1.807, 2.05) is 18.2 Å². The molecule has 118 valence electrons. The number of ether oxygens (including phenoxy) is 2. The van der Waals surface area contributed by atoms with Gasteiger partial charge in [-0.15, -0.1) is 0 Å². The highest BCUT2D eigenvalue weighted by Crippen LogP contribution is 2.41. The number of rotatable bonds is 4. The van der Waals surface area contributed by atoms with Crippen LogP contribution in [0.2, 0.25) is 0 Å². The van der Waals surface area contributed by atoms with E-state index in [4.69, 9.17) is 15.2 Å². The molecule has 1 heterocycles.